The van der Waals surface area contributed by atoms with Gasteiger partial charge in [0.1, 0.15) is 11.5 Å². The van der Waals surface area contributed by atoms with Gasteiger partial charge in [-0.15, -0.1) is 11.3 Å². The van der Waals surface area contributed by atoms with E-state index in [-0.39, 0.29) is 18.0 Å². The fraction of sp³-hybridized carbons (Fsp3) is 0.360. The van der Waals surface area contributed by atoms with Crippen molar-refractivity contribution in [2.75, 3.05) is 25.6 Å². The molecule has 0 fully saturated rings. The molecule has 0 saturated heterocycles. The Balaban J connectivity index is 1.52. The fourth-order valence-electron chi connectivity index (χ4n) is 4.03. The van der Waals surface area contributed by atoms with E-state index in [4.69, 9.17) is 4.74 Å². The summed E-state index contributed by atoms with van der Waals surface area (Å²) >= 11 is 1.45. The molecule has 0 atom stereocenters. The van der Waals surface area contributed by atoms with Gasteiger partial charge in [-0.2, -0.15) is 5.10 Å². The number of fused-ring (bicyclic) bond motifs is 1. The van der Waals surface area contributed by atoms with Crippen LogP contribution in [0.3, 0.4) is 0 Å². The zero-order valence-electron chi connectivity index (χ0n) is 19.1. The number of thiophene rings is 1. The molecule has 0 bridgehead atoms. The summed E-state index contributed by atoms with van der Waals surface area (Å²) in [7, 11) is 1.63. The van der Waals surface area contributed by atoms with E-state index < -0.39 is 5.91 Å². The summed E-state index contributed by atoms with van der Waals surface area (Å²) in [4.78, 5) is 39.4. The maximum atomic E-state index is 13.0. The first kappa shape index (κ1) is 23.8. The standard InChI is InChI=1S/C25H28N4O4S/c1-33-15-7-14-26-24(32)23-18-10-5-6-11-20(18)34-25(23)27-21(30)16-29-22(31)13-12-19(28-29)17-8-3-2-4-9-17/h2-4,8-9,12-13H,5-7,10-11,14-16H2,1H3,(H,26,32)(H,27,30). The molecule has 9 heteroatoms. The van der Waals surface area contributed by atoms with Crippen molar-refractivity contribution in [3.05, 3.63) is 68.8 Å². The molecular weight excluding hydrogens is 452 g/mol. The number of rotatable bonds is 9. The number of hydrogen-bond donors (Lipinski definition) is 2. The largest absolute Gasteiger partial charge is 0.385 e. The van der Waals surface area contributed by atoms with E-state index in [1.807, 2.05) is 30.3 Å². The van der Waals surface area contributed by atoms with Gasteiger partial charge >= 0.3 is 0 Å². The van der Waals surface area contributed by atoms with Crippen molar-refractivity contribution in [3.63, 3.8) is 0 Å². The minimum Gasteiger partial charge on any atom is -0.385 e. The maximum Gasteiger partial charge on any atom is 0.267 e. The number of anilines is 1. The third-order valence-corrected chi connectivity index (χ3v) is 6.90. The number of benzene rings is 1. The molecule has 0 unspecified atom stereocenters. The van der Waals surface area contributed by atoms with Crippen LogP contribution in [0.25, 0.3) is 11.3 Å². The molecule has 1 aliphatic carbocycles. The lowest BCUT2D eigenvalue weighted by Crippen LogP contribution is -2.30. The molecular formula is C25H28N4O4S. The van der Waals surface area contributed by atoms with E-state index in [2.05, 4.69) is 15.7 Å². The van der Waals surface area contributed by atoms with Gasteiger partial charge in [0, 0.05) is 36.8 Å². The van der Waals surface area contributed by atoms with Gasteiger partial charge in [0.25, 0.3) is 11.5 Å². The Labute approximate surface area is 202 Å². The fourth-order valence-corrected chi connectivity index (χ4v) is 5.33. The topological polar surface area (TPSA) is 102 Å². The zero-order valence-corrected chi connectivity index (χ0v) is 20.0. The zero-order chi connectivity index (χ0) is 23.9. The second-order valence-electron chi connectivity index (χ2n) is 8.15. The SMILES string of the molecule is COCCCNC(=O)c1c(NC(=O)Cn2nc(-c3ccccc3)ccc2=O)sc2c1CCCC2. The Hall–Kier alpha value is -3.30. The number of methoxy groups -OCH3 is 1. The second kappa shape index (κ2) is 11.2. The van der Waals surface area contributed by atoms with Gasteiger partial charge in [0.15, 0.2) is 0 Å². The number of hydrogen-bond acceptors (Lipinski definition) is 6. The van der Waals surface area contributed by atoms with E-state index in [0.717, 1.165) is 46.4 Å². The molecule has 0 spiro atoms. The van der Waals surface area contributed by atoms with Crippen LogP contribution in [0.4, 0.5) is 5.00 Å². The molecule has 1 aliphatic rings. The van der Waals surface area contributed by atoms with Crippen LogP contribution in [0.5, 0.6) is 0 Å². The molecule has 2 amide bonds. The highest BCUT2D eigenvalue weighted by Gasteiger charge is 2.26. The molecule has 0 saturated carbocycles. The Morgan fingerprint density at radius 1 is 1.12 bits per heavy atom. The summed E-state index contributed by atoms with van der Waals surface area (Å²) in [5.41, 5.74) is 2.67. The first-order chi connectivity index (χ1) is 16.6. The number of nitrogens with one attached hydrogen (secondary N) is 2. The van der Waals surface area contributed by atoms with Crippen LogP contribution in [-0.4, -0.2) is 41.9 Å². The normalized spacial score (nSPS) is 12.7. The summed E-state index contributed by atoms with van der Waals surface area (Å²) in [6, 6.07) is 12.5. The number of carbonyl (C=O) groups is 2. The van der Waals surface area contributed by atoms with Crippen LogP contribution in [0.1, 0.15) is 40.1 Å². The molecule has 2 N–H and O–H groups in total. The summed E-state index contributed by atoms with van der Waals surface area (Å²) in [5.74, 6) is -0.584. The van der Waals surface area contributed by atoms with E-state index in [1.165, 1.54) is 17.4 Å². The van der Waals surface area contributed by atoms with Crippen LogP contribution in [0, 0.1) is 0 Å². The Morgan fingerprint density at radius 3 is 2.71 bits per heavy atom. The maximum absolute atomic E-state index is 13.0. The third kappa shape index (κ3) is 5.60. The Kier molecular flexibility index (Phi) is 7.87. The molecule has 0 radical (unpaired) electrons. The minimum atomic E-state index is -0.396. The third-order valence-electron chi connectivity index (χ3n) is 5.69. The molecule has 4 rings (SSSR count). The van der Waals surface area contributed by atoms with Gasteiger partial charge in [-0.3, -0.25) is 14.4 Å². The first-order valence-corrected chi connectivity index (χ1v) is 12.2. The molecule has 8 nitrogen and oxygen atoms in total. The Morgan fingerprint density at radius 2 is 1.91 bits per heavy atom. The highest BCUT2D eigenvalue weighted by atomic mass is 32.1. The van der Waals surface area contributed by atoms with Crippen LogP contribution >= 0.6 is 11.3 Å². The van der Waals surface area contributed by atoms with Crippen LogP contribution in [0.15, 0.2) is 47.3 Å². The van der Waals surface area contributed by atoms with Crippen LogP contribution in [0.2, 0.25) is 0 Å². The van der Waals surface area contributed by atoms with Gasteiger partial charge in [0.2, 0.25) is 5.91 Å². The predicted molar refractivity (Wildman–Crippen MR) is 132 cm³/mol. The lowest BCUT2D eigenvalue weighted by atomic mass is 9.95. The molecule has 2 aromatic heterocycles. The first-order valence-electron chi connectivity index (χ1n) is 11.4. The van der Waals surface area contributed by atoms with Crippen molar-refractivity contribution < 1.29 is 14.3 Å². The lowest BCUT2D eigenvalue weighted by Gasteiger charge is -2.13. The molecule has 3 aromatic rings. The van der Waals surface area contributed by atoms with Gasteiger partial charge < -0.3 is 15.4 Å². The molecule has 2 heterocycles. The Bertz CT molecular complexity index is 1220. The number of carbonyl (C=O) groups excluding carboxylic acids is 2. The minimum absolute atomic E-state index is 0.188. The van der Waals surface area contributed by atoms with Crippen molar-refractivity contribution in [1.29, 1.82) is 0 Å². The highest BCUT2D eigenvalue weighted by molar-refractivity contribution is 7.17. The average Bonchev–Trinajstić information content (AvgIpc) is 3.21. The summed E-state index contributed by atoms with van der Waals surface area (Å²) < 4.78 is 6.19. The van der Waals surface area contributed by atoms with Crippen molar-refractivity contribution in [3.8, 4) is 11.3 Å². The van der Waals surface area contributed by atoms with Gasteiger partial charge in [-0.05, 0) is 43.7 Å². The lowest BCUT2D eigenvalue weighted by molar-refractivity contribution is -0.116. The van der Waals surface area contributed by atoms with Crippen molar-refractivity contribution in [1.82, 2.24) is 15.1 Å². The quantitative estimate of drug-likeness (QED) is 0.458. The van der Waals surface area contributed by atoms with Gasteiger partial charge in [-0.1, -0.05) is 30.3 Å². The van der Waals surface area contributed by atoms with E-state index in [1.54, 1.807) is 13.2 Å². The van der Waals surface area contributed by atoms with E-state index >= 15 is 0 Å². The predicted octanol–water partition coefficient (Wildman–Crippen LogP) is 3.26. The number of aryl methyl sites for hydroxylation is 1. The summed E-state index contributed by atoms with van der Waals surface area (Å²) in [5, 5.41) is 10.7. The van der Waals surface area contributed by atoms with Crippen molar-refractivity contribution in [2.45, 2.75) is 38.6 Å². The van der Waals surface area contributed by atoms with E-state index in [9.17, 15) is 14.4 Å². The number of nitrogens with zero attached hydrogens (tertiary/aromatic N) is 2. The monoisotopic (exact) mass is 480 g/mol. The molecule has 1 aromatic carbocycles. The number of ether oxygens (including phenoxy) is 1. The smallest absolute Gasteiger partial charge is 0.267 e. The van der Waals surface area contributed by atoms with Crippen molar-refractivity contribution >= 4 is 28.2 Å². The number of aromatic nitrogens is 2. The average molecular weight is 481 g/mol. The molecule has 178 valence electrons. The van der Waals surface area contributed by atoms with E-state index in [0.29, 0.717) is 35.8 Å². The highest BCUT2D eigenvalue weighted by Crippen LogP contribution is 2.38. The summed E-state index contributed by atoms with van der Waals surface area (Å²) in [6.07, 6.45) is 4.53. The van der Waals surface area contributed by atoms with Crippen LogP contribution < -0.4 is 16.2 Å². The molecule has 0 aliphatic heterocycles. The summed E-state index contributed by atoms with van der Waals surface area (Å²) in [6.45, 7) is 0.822. The second-order valence-corrected chi connectivity index (χ2v) is 9.25. The number of amides is 2. The van der Waals surface area contributed by atoms with Gasteiger partial charge in [-0.25, -0.2) is 4.68 Å². The van der Waals surface area contributed by atoms with Crippen LogP contribution in [-0.2, 0) is 28.9 Å². The molecule has 34 heavy (non-hydrogen) atoms. The van der Waals surface area contributed by atoms with Crippen molar-refractivity contribution in [2.24, 2.45) is 0 Å². The van der Waals surface area contributed by atoms with Gasteiger partial charge in [0.05, 0.1) is 11.3 Å².